The molecule has 2 aliphatic rings. The van der Waals surface area contributed by atoms with Gasteiger partial charge < -0.3 is 4.90 Å². The van der Waals surface area contributed by atoms with Crippen molar-refractivity contribution in [3.05, 3.63) is 69.7 Å². The number of piperidine rings is 1. The van der Waals surface area contributed by atoms with Crippen LogP contribution in [0.4, 0.5) is 8.78 Å². The molecule has 0 aromatic heterocycles. The standard InChI is InChI=1S/C23H19ClF2N2O4/c24-16-5-3-15(4-6-16)23(25,26)19(29)9-2-13-1-7-17-14(11-13)12-28(22(17)32)18-8-10-20(30)27-21(18)31/h1,3-7,11,18H,2,8-10,12H2,(H,27,30,31)/i1D,7D,11D,12D2. The molecule has 1 saturated heterocycles. The summed E-state index contributed by atoms with van der Waals surface area (Å²) in [5.41, 5.74) is -2.14. The first-order valence-electron chi connectivity index (χ1n) is 12.2. The second-order valence-corrected chi connectivity index (χ2v) is 7.80. The third-order valence-corrected chi connectivity index (χ3v) is 5.46. The summed E-state index contributed by atoms with van der Waals surface area (Å²) < 4.78 is 71.5. The Labute approximate surface area is 194 Å². The molecule has 32 heavy (non-hydrogen) atoms. The highest BCUT2D eigenvalue weighted by molar-refractivity contribution is 6.30. The van der Waals surface area contributed by atoms with Gasteiger partial charge in [-0.2, -0.15) is 8.78 Å². The number of alkyl halides is 2. The average Bonchev–Trinajstić information content (AvgIpc) is 3.03. The van der Waals surface area contributed by atoms with Gasteiger partial charge in [0.05, 0.1) is 6.85 Å². The molecule has 6 nitrogen and oxygen atoms in total. The van der Waals surface area contributed by atoms with Crippen LogP contribution in [0.3, 0.4) is 0 Å². The van der Waals surface area contributed by atoms with Gasteiger partial charge in [0.1, 0.15) is 6.04 Å². The Balaban J connectivity index is 1.67. The largest absolute Gasteiger partial charge is 0.330 e. The Bertz CT molecular complexity index is 1350. The number of rotatable bonds is 6. The van der Waals surface area contributed by atoms with Gasteiger partial charge in [0, 0.05) is 35.5 Å². The van der Waals surface area contributed by atoms with Crippen molar-refractivity contribution in [3.8, 4) is 0 Å². The topological polar surface area (TPSA) is 83.6 Å². The number of imide groups is 1. The molecule has 0 saturated carbocycles. The van der Waals surface area contributed by atoms with Gasteiger partial charge in [-0.3, -0.25) is 24.5 Å². The number of fused-ring (bicyclic) bond motifs is 1. The fourth-order valence-corrected chi connectivity index (χ4v) is 3.60. The van der Waals surface area contributed by atoms with E-state index in [0.717, 1.165) is 12.1 Å². The Morgan fingerprint density at radius 2 is 1.97 bits per heavy atom. The Kier molecular flexibility index (Phi) is 4.34. The monoisotopic (exact) mass is 465 g/mol. The maximum Gasteiger partial charge on any atom is 0.330 e. The van der Waals surface area contributed by atoms with Crippen LogP contribution in [0.2, 0.25) is 5.02 Å². The molecular weight excluding hydrogens is 442 g/mol. The minimum atomic E-state index is -3.90. The van der Waals surface area contributed by atoms with Crippen molar-refractivity contribution in [2.75, 3.05) is 0 Å². The Hall–Kier alpha value is -3.13. The molecule has 1 fully saturated rings. The van der Waals surface area contributed by atoms with Crippen LogP contribution in [0.1, 0.15) is 53.2 Å². The van der Waals surface area contributed by atoms with Gasteiger partial charge in [-0.25, -0.2) is 0 Å². The van der Waals surface area contributed by atoms with Crippen LogP contribution in [-0.4, -0.2) is 34.4 Å². The van der Waals surface area contributed by atoms with Gasteiger partial charge in [0.2, 0.25) is 17.6 Å². The minimum Gasteiger partial charge on any atom is -0.322 e. The second kappa shape index (κ2) is 8.43. The third-order valence-electron chi connectivity index (χ3n) is 5.21. The molecule has 0 radical (unpaired) electrons. The zero-order valence-corrected chi connectivity index (χ0v) is 17.2. The predicted molar refractivity (Wildman–Crippen MR) is 111 cm³/mol. The normalized spacial score (nSPS) is 22.3. The van der Waals surface area contributed by atoms with Gasteiger partial charge in [-0.1, -0.05) is 35.8 Å². The number of nitrogens with zero attached hydrogens (tertiary/aromatic N) is 1. The van der Waals surface area contributed by atoms with E-state index in [9.17, 15) is 28.0 Å². The van der Waals surface area contributed by atoms with Crippen molar-refractivity contribution >= 4 is 35.1 Å². The van der Waals surface area contributed by atoms with Gasteiger partial charge in [0.25, 0.3) is 5.91 Å². The Morgan fingerprint density at radius 3 is 2.66 bits per heavy atom. The molecule has 0 spiro atoms. The van der Waals surface area contributed by atoms with E-state index in [1.807, 2.05) is 5.32 Å². The lowest BCUT2D eigenvalue weighted by molar-refractivity contribution is -0.144. The smallest absolute Gasteiger partial charge is 0.322 e. The summed E-state index contributed by atoms with van der Waals surface area (Å²) in [5.74, 6) is -8.03. The van der Waals surface area contributed by atoms with E-state index in [-0.39, 0.29) is 23.4 Å². The number of nitrogens with one attached hydrogen (secondary N) is 1. The summed E-state index contributed by atoms with van der Waals surface area (Å²) in [6.45, 7) is -2.78. The first kappa shape index (κ1) is 16.5. The average molecular weight is 466 g/mol. The predicted octanol–water partition coefficient (Wildman–Crippen LogP) is 3.39. The van der Waals surface area contributed by atoms with Crippen LogP contribution >= 0.6 is 11.6 Å². The molecule has 0 bridgehead atoms. The number of amides is 3. The second-order valence-electron chi connectivity index (χ2n) is 7.36. The molecule has 1 atom stereocenters. The number of hydrogen-bond acceptors (Lipinski definition) is 4. The van der Waals surface area contributed by atoms with Gasteiger partial charge in [-0.15, -0.1) is 0 Å². The maximum atomic E-state index is 14.7. The maximum absolute atomic E-state index is 14.7. The lowest BCUT2D eigenvalue weighted by Crippen LogP contribution is -2.52. The summed E-state index contributed by atoms with van der Waals surface area (Å²) in [6, 6.07) is 0.863. The van der Waals surface area contributed by atoms with Crippen LogP contribution in [0.25, 0.3) is 0 Å². The highest BCUT2D eigenvalue weighted by Gasteiger charge is 2.41. The number of ketones is 1. The number of halogens is 3. The van der Waals surface area contributed by atoms with E-state index >= 15 is 0 Å². The molecule has 1 unspecified atom stereocenters. The van der Waals surface area contributed by atoms with E-state index in [4.69, 9.17) is 18.5 Å². The number of Topliss-reactive ketones (excluding diaryl/α,β-unsaturated/α-hetero) is 1. The van der Waals surface area contributed by atoms with Crippen LogP contribution < -0.4 is 5.32 Å². The summed E-state index contributed by atoms with van der Waals surface area (Å²) in [4.78, 5) is 49.9. The minimum absolute atomic E-state index is 0.160. The fourth-order valence-electron chi connectivity index (χ4n) is 3.47. The fraction of sp³-hybridized carbons (Fsp3) is 0.304. The van der Waals surface area contributed by atoms with E-state index in [1.165, 1.54) is 12.1 Å². The third kappa shape index (κ3) is 4.14. The number of carbonyl (C=O) groups is 4. The first-order valence-corrected chi connectivity index (χ1v) is 10.0. The van der Waals surface area contributed by atoms with Crippen molar-refractivity contribution in [2.24, 2.45) is 0 Å². The van der Waals surface area contributed by atoms with Crippen LogP contribution in [0, 0.1) is 0 Å². The summed E-state index contributed by atoms with van der Waals surface area (Å²) in [6.07, 6.45) is -1.76. The molecule has 2 aromatic rings. The molecule has 1 N–H and O–H groups in total. The zero-order chi connectivity index (χ0) is 27.4. The number of hydrogen-bond donors (Lipinski definition) is 1. The summed E-state index contributed by atoms with van der Waals surface area (Å²) in [7, 11) is 0. The molecule has 9 heteroatoms. The highest BCUT2D eigenvalue weighted by atomic mass is 35.5. The van der Waals surface area contributed by atoms with Crippen molar-refractivity contribution in [1.29, 1.82) is 0 Å². The van der Waals surface area contributed by atoms with Crippen LogP contribution in [0.15, 0.2) is 42.4 Å². The first-order chi connectivity index (χ1) is 17.2. The van der Waals surface area contributed by atoms with Crippen LogP contribution in [0.5, 0.6) is 0 Å². The van der Waals surface area contributed by atoms with Gasteiger partial charge >= 0.3 is 5.92 Å². The van der Waals surface area contributed by atoms with Crippen molar-refractivity contribution < 1.29 is 34.8 Å². The molecule has 166 valence electrons. The molecule has 3 amide bonds. The SMILES string of the molecule is [2H]c1c([2H])c2c(c([2H])c1CCC(=O)C(F)(F)c1ccc(Cl)cc1)C([2H])([2H])N(C1CCC(=O)NC1=O)C2=O. The zero-order valence-electron chi connectivity index (χ0n) is 21.4. The highest BCUT2D eigenvalue weighted by Crippen LogP contribution is 2.32. The van der Waals surface area contributed by atoms with Crippen molar-refractivity contribution in [1.82, 2.24) is 10.2 Å². The quantitative estimate of drug-likeness (QED) is 0.663. The summed E-state index contributed by atoms with van der Waals surface area (Å²) in [5, 5.41) is 2.22. The lowest BCUT2D eigenvalue weighted by Gasteiger charge is -2.29. The molecule has 2 aliphatic heterocycles. The molecule has 0 aliphatic carbocycles. The molecular formula is C23H19ClF2N2O4. The van der Waals surface area contributed by atoms with E-state index in [1.54, 1.807) is 0 Å². The lowest BCUT2D eigenvalue weighted by atomic mass is 9.97. The van der Waals surface area contributed by atoms with Crippen molar-refractivity contribution in [2.45, 2.75) is 44.1 Å². The van der Waals surface area contributed by atoms with Crippen LogP contribution in [-0.2, 0) is 33.2 Å². The van der Waals surface area contributed by atoms with Crippen molar-refractivity contribution in [3.63, 3.8) is 0 Å². The Morgan fingerprint density at radius 1 is 1.25 bits per heavy atom. The van der Waals surface area contributed by atoms with E-state index < -0.39 is 89.6 Å². The van der Waals surface area contributed by atoms with E-state index in [2.05, 4.69) is 0 Å². The van der Waals surface area contributed by atoms with Gasteiger partial charge in [0.15, 0.2) is 0 Å². The van der Waals surface area contributed by atoms with Gasteiger partial charge in [-0.05, 0) is 42.1 Å². The molecule has 4 rings (SSSR count). The number of carbonyl (C=O) groups excluding carboxylic acids is 4. The number of benzene rings is 2. The summed E-state index contributed by atoms with van der Waals surface area (Å²) >= 11 is 5.70. The molecule has 2 aromatic carbocycles. The van der Waals surface area contributed by atoms with E-state index in [0.29, 0.717) is 4.90 Å². The molecule has 2 heterocycles.